The monoisotopic (exact) mass is 492 g/mol. The number of thiophene rings is 1. The molecule has 0 saturated heterocycles. The van der Waals surface area contributed by atoms with Crippen LogP contribution >= 0.6 is 11.3 Å². The summed E-state index contributed by atoms with van der Waals surface area (Å²) >= 11 is 1.73. The molecule has 3 heterocycles. The molecular formula is C28H32N2O4S. The molecule has 5 rings (SSSR count). The molecule has 2 amide bonds. The largest absolute Gasteiger partial charge is 0.491 e. The van der Waals surface area contributed by atoms with Gasteiger partial charge in [-0.25, -0.2) is 0 Å². The smallest absolute Gasteiger partial charge is 0.242 e. The number of fused-ring (bicyclic) bond motifs is 1. The van der Waals surface area contributed by atoms with Gasteiger partial charge in [-0.05, 0) is 72.0 Å². The van der Waals surface area contributed by atoms with Gasteiger partial charge in [-0.2, -0.15) is 0 Å². The maximum Gasteiger partial charge on any atom is 0.242 e. The Hall–Kier alpha value is -3.06. The summed E-state index contributed by atoms with van der Waals surface area (Å²) in [7, 11) is 0. The second-order valence-electron chi connectivity index (χ2n) is 9.73. The Morgan fingerprint density at radius 3 is 2.66 bits per heavy atom. The van der Waals surface area contributed by atoms with Crippen LogP contribution in [0.3, 0.4) is 0 Å². The van der Waals surface area contributed by atoms with Crippen LogP contribution < -0.4 is 4.74 Å². The van der Waals surface area contributed by atoms with Crippen LogP contribution in [0.15, 0.2) is 58.5 Å². The van der Waals surface area contributed by atoms with E-state index in [1.165, 1.54) is 10.4 Å². The molecule has 2 aromatic heterocycles. The molecule has 1 aromatic carbocycles. The standard InChI is InChI=1S/C28H32N2O4S/c1-19(2)20-7-9-22(10-8-20)34-18-25-24-12-15-35-26(24)11-13-30(25)27(31)17-29(28(32)21-5-6-21)16-23-4-3-14-33-23/h3-4,7-10,12,14-15,19,21,25H,5-6,11,13,16-18H2,1-2H3/t25-/m0/s1. The van der Waals surface area contributed by atoms with Gasteiger partial charge in [0.15, 0.2) is 0 Å². The lowest BCUT2D eigenvalue weighted by Gasteiger charge is -2.37. The minimum atomic E-state index is -0.177. The zero-order chi connectivity index (χ0) is 24.4. The van der Waals surface area contributed by atoms with E-state index < -0.39 is 0 Å². The van der Waals surface area contributed by atoms with Crippen molar-refractivity contribution in [3.05, 3.63) is 75.9 Å². The fourth-order valence-corrected chi connectivity index (χ4v) is 5.57. The van der Waals surface area contributed by atoms with E-state index in [1.54, 1.807) is 28.6 Å². The van der Waals surface area contributed by atoms with Gasteiger partial charge in [0, 0.05) is 17.3 Å². The van der Waals surface area contributed by atoms with Crippen LogP contribution in [-0.4, -0.2) is 41.3 Å². The predicted octanol–water partition coefficient (Wildman–Crippen LogP) is 5.41. The number of nitrogens with zero attached hydrogens (tertiary/aromatic N) is 2. The van der Waals surface area contributed by atoms with E-state index >= 15 is 0 Å². The summed E-state index contributed by atoms with van der Waals surface area (Å²) in [6.45, 7) is 5.71. The molecule has 35 heavy (non-hydrogen) atoms. The summed E-state index contributed by atoms with van der Waals surface area (Å²) in [4.78, 5) is 31.4. The van der Waals surface area contributed by atoms with E-state index in [9.17, 15) is 9.59 Å². The zero-order valence-corrected chi connectivity index (χ0v) is 21.1. The number of ether oxygens (including phenoxy) is 1. The van der Waals surface area contributed by atoms with Gasteiger partial charge in [-0.15, -0.1) is 11.3 Å². The number of amides is 2. The summed E-state index contributed by atoms with van der Waals surface area (Å²) in [5.41, 5.74) is 2.42. The van der Waals surface area contributed by atoms with Crippen LogP contribution in [0.4, 0.5) is 0 Å². The molecule has 1 atom stereocenters. The van der Waals surface area contributed by atoms with E-state index in [0.29, 0.717) is 31.4 Å². The first-order chi connectivity index (χ1) is 17.0. The van der Waals surface area contributed by atoms with Gasteiger partial charge >= 0.3 is 0 Å². The Morgan fingerprint density at radius 1 is 1.17 bits per heavy atom. The van der Waals surface area contributed by atoms with Gasteiger partial charge in [-0.3, -0.25) is 9.59 Å². The third kappa shape index (κ3) is 5.45. The Kier molecular flexibility index (Phi) is 6.95. The average Bonchev–Trinajstić information content (AvgIpc) is 3.36. The van der Waals surface area contributed by atoms with Crippen LogP contribution in [0.5, 0.6) is 5.75 Å². The quantitative estimate of drug-likeness (QED) is 0.401. The summed E-state index contributed by atoms with van der Waals surface area (Å²) in [6.07, 6.45) is 4.22. The third-order valence-electron chi connectivity index (χ3n) is 6.86. The van der Waals surface area contributed by atoms with E-state index in [0.717, 1.165) is 30.6 Å². The van der Waals surface area contributed by atoms with Gasteiger partial charge < -0.3 is 19.0 Å². The Labute approximate surface area is 210 Å². The van der Waals surface area contributed by atoms with Crippen LogP contribution in [0, 0.1) is 5.92 Å². The first-order valence-corrected chi connectivity index (χ1v) is 13.3. The van der Waals surface area contributed by atoms with Crippen molar-refractivity contribution < 1.29 is 18.7 Å². The van der Waals surface area contributed by atoms with Gasteiger partial charge in [0.25, 0.3) is 0 Å². The maximum atomic E-state index is 13.6. The fourth-order valence-electron chi connectivity index (χ4n) is 4.64. The number of benzene rings is 1. The molecule has 0 radical (unpaired) electrons. The average molecular weight is 493 g/mol. The maximum absolute atomic E-state index is 13.6. The van der Waals surface area contributed by atoms with Crippen molar-refractivity contribution in [1.82, 2.24) is 9.80 Å². The van der Waals surface area contributed by atoms with Crippen molar-refractivity contribution in [3.63, 3.8) is 0 Å². The molecule has 1 aliphatic carbocycles. The van der Waals surface area contributed by atoms with Crippen molar-refractivity contribution >= 4 is 23.2 Å². The first kappa shape index (κ1) is 23.7. The second-order valence-corrected chi connectivity index (χ2v) is 10.7. The second kappa shape index (κ2) is 10.3. The minimum Gasteiger partial charge on any atom is -0.491 e. The highest BCUT2D eigenvalue weighted by atomic mass is 32.1. The van der Waals surface area contributed by atoms with Crippen molar-refractivity contribution in [2.24, 2.45) is 5.92 Å². The topological polar surface area (TPSA) is 63.0 Å². The van der Waals surface area contributed by atoms with Gasteiger partial charge in [0.1, 0.15) is 24.7 Å². The molecule has 1 saturated carbocycles. The van der Waals surface area contributed by atoms with Crippen LogP contribution in [0.1, 0.15) is 60.4 Å². The molecule has 3 aromatic rings. The molecule has 0 unspecified atom stereocenters. The van der Waals surface area contributed by atoms with E-state index in [-0.39, 0.29) is 30.3 Å². The number of hydrogen-bond donors (Lipinski definition) is 0. The van der Waals surface area contributed by atoms with Gasteiger partial charge in [0.05, 0.1) is 18.8 Å². The van der Waals surface area contributed by atoms with E-state index in [4.69, 9.17) is 9.15 Å². The lowest BCUT2D eigenvalue weighted by atomic mass is 10.00. The van der Waals surface area contributed by atoms with E-state index in [1.807, 2.05) is 23.1 Å². The number of furan rings is 1. The van der Waals surface area contributed by atoms with Crippen molar-refractivity contribution in [2.45, 2.75) is 51.6 Å². The zero-order valence-electron chi connectivity index (χ0n) is 20.3. The number of carbonyl (C=O) groups is 2. The molecule has 184 valence electrons. The van der Waals surface area contributed by atoms with Crippen LogP contribution in [0.25, 0.3) is 0 Å². The summed E-state index contributed by atoms with van der Waals surface area (Å²) in [5.74, 6) is 1.98. The number of carbonyl (C=O) groups excluding carboxylic acids is 2. The fraction of sp³-hybridized carbons (Fsp3) is 0.429. The van der Waals surface area contributed by atoms with Gasteiger partial charge in [0.2, 0.25) is 11.8 Å². The highest BCUT2D eigenvalue weighted by Gasteiger charge is 2.37. The summed E-state index contributed by atoms with van der Waals surface area (Å²) < 4.78 is 11.7. The highest BCUT2D eigenvalue weighted by molar-refractivity contribution is 7.10. The molecule has 1 fully saturated rings. The minimum absolute atomic E-state index is 0.0375. The molecule has 2 aliphatic rings. The van der Waals surface area contributed by atoms with E-state index in [2.05, 4.69) is 37.4 Å². The predicted molar refractivity (Wildman–Crippen MR) is 135 cm³/mol. The molecular weight excluding hydrogens is 460 g/mol. The lowest BCUT2D eigenvalue weighted by molar-refractivity contribution is -0.144. The Bertz CT molecular complexity index is 1150. The molecule has 0 bridgehead atoms. The molecule has 0 spiro atoms. The Balaban J connectivity index is 1.31. The molecule has 6 nitrogen and oxygen atoms in total. The summed E-state index contributed by atoms with van der Waals surface area (Å²) in [6, 6.07) is 13.8. The lowest BCUT2D eigenvalue weighted by Crippen LogP contribution is -2.47. The highest BCUT2D eigenvalue weighted by Crippen LogP contribution is 2.35. The normalized spacial score (nSPS) is 17.3. The van der Waals surface area contributed by atoms with Crippen molar-refractivity contribution in [3.8, 4) is 5.75 Å². The molecule has 7 heteroatoms. The molecule has 0 N–H and O–H groups in total. The van der Waals surface area contributed by atoms with Crippen molar-refractivity contribution in [2.75, 3.05) is 19.7 Å². The third-order valence-corrected chi connectivity index (χ3v) is 7.86. The van der Waals surface area contributed by atoms with Crippen LogP contribution in [0.2, 0.25) is 0 Å². The Morgan fingerprint density at radius 2 is 1.97 bits per heavy atom. The number of rotatable bonds is 9. The number of hydrogen-bond acceptors (Lipinski definition) is 5. The van der Waals surface area contributed by atoms with Gasteiger partial charge in [-0.1, -0.05) is 26.0 Å². The SMILES string of the molecule is CC(C)c1ccc(OC[C@H]2c3ccsc3CCN2C(=O)CN(Cc2ccco2)C(=O)C2CC2)cc1. The molecule has 1 aliphatic heterocycles. The van der Waals surface area contributed by atoms with Crippen LogP contribution in [-0.2, 0) is 22.6 Å². The first-order valence-electron chi connectivity index (χ1n) is 12.4. The van der Waals surface area contributed by atoms with Crippen molar-refractivity contribution in [1.29, 1.82) is 0 Å². The summed E-state index contributed by atoms with van der Waals surface area (Å²) in [5, 5.41) is 2.09.